The number of halogens is 1. The molecule has 2 rings (SSSR count). The minimum absolute atomic E-state index is 0.437. The van der Waals surface area contributed by atoms with Crippen LogP contribution in [0.3, 0.4) is 0 Å². The summed E-state index contributed by atoms with van der Waals surface area (Å²) in [6.07, 6.45) is 3.05. The van der Waals surface area contributed by atoms with Gasteiger partial charge in [-0.05, 0) is 44.5 Å². The van der Waals surface area contributed by atoms with Crippen LogP contribution >= 0.6 is 11.6 Å². The number of fused-ring (bicyclic) bond motifs is 1. The summed E-state index contributed by atoms with van der Waals surface area (Å²) in [6, 6.07) is 6.48. The van der Waals surface area contributed by atoms with E-state index in [2.05, 4.69) is 30.7 Å². The molecule has 0 aliphatic rings. The Labute approximate surface area is 101 Å². The first-order valence-electron chi connectivity index (χ1n) is 5.63. The number of benzene rings is 1. The Morgan fingerprint density at radius 1 is 1.38 bits per heavy atom. The highest BCUT2D eigenvalue weighted by molar-refractivity contribution is 6.35. The second-order valence-corrected chi connectivity index (χ2v) is 4.74. The molecule has 2 N–H and O–H groups in total. The van der Waals surface area contributed by atoms with E-state index in [9.17, 15) is 0 Å². The van der Waals surface area contributed by atoms with Gasteiger partial charge in [-0.15, -0.1) is 0 Å². The lowest BCUT2D eigenvalue weighted by atomic mass is 10.1. The Morgan fingerprint density at radius 3 is 2.75 bits per heavy atom. The molecule has 1 aromatic heterocycles. The van der Waals surface area contributed by atoms with Crippen molar-refractivity contribution >= 4 is 22.5 Å². The Balaban J connectivity index is 2.71. The van der Waals surface area contributed by atoms with E-state index in [0.29, 0.717) is 12.6 Å². The first-order chi connectivity index (χ1) is 7.65. The van der Waals surface area contributed by atoms with Crippen LogP contribution in [0.4, 0.5) is 0 Å². The standard InChI is InChI=1S/C13H17ClN2/c1-9(2)16-8-10(6-7-15)13-11(14)4-3-5-12(13)16/h3-5,8-9H,6-7,15H2,1-2H3. The molecule has 0 saturated heterocycles. The van der Waals surface area contributed by atoms with Crippen LogP contribution in [0.2, 0.25) is 5.02 Å². The highest BCUT2D eigenvalue weighted by Crippen LogP contribution is 2.30. The second-order valence-electron chi connectivity index (χ2n) is 4.33. The Bertz CT molecular complexity index is 500. The van der Waals surface area contributed by atoms with Crippen LogP contribution < -0.4 is 5.73 Å². The highest BCUT2D eigenvalue weighted by Gasteiger charge is 2.12. The first-order valence-corrected chi connectivity index (χ1v) is 6.01. The van der Waals surface area contributed by atoms with Crippen LogP contribution in [0.5, 0.6) is 0 Å². The van der Waals surface area contributed by atoms with Gasteiger partial charge in [0.15, 0.2) is 0 Å². The number of hydrogen-bond donors (Lipinski definition) is 1. The highest BCUT2D eigenvalue weighted by atomic mass is 35.5. The topological polar surface area (TPSA) is 30.9 Å². The molecule has 0 radical (unpaired) electrons. The van der Waals surface area contributed by atoms with E-state index in [0.717, 1.165) is 16.8 Å². The van der Waals surface area contributed by atoms with E-state index >= 15 is 0 Å². The largest absolute Gasteiger partial charge is 0.345 e. The number of rotatable bonds is 3. The third-order valence-electron chi connectivity index (χ3n) is 2.86. The summed E-state index contributed by atoms with van der Waals surface area (Å²) >= 11 is 6.26. The minimum Gasteiger partial charge on any atom is -0.345 e. The predicted molar refractivity (Wildman–Crippen MR) is 70.1 cm³/mol. The summed E-state index contributed by atoms with van der Waals surface area (Å²) < 4.78 is 2.26. The Morgan fingerprint density at radius 2 is 2.12 bits per heavy atom. The summed E-state index contributed by atoms with van der Waals surface area (Å²) in [7, 11) is 0. The molecular weight excluding hydrogens is 220 g/mol. The van der Waals surface area contributed by atoms with Gasteiger partial charge in [0.05, 0.1) is 10.5 Å². The smallest absolute Gasteiger partial charge is 0.0502 e. The zero-order valence-corrected chi connectivity index (χ0v) is 10.5. The molecule has 3 heteroatoms. The summed E-state index contributed by atoms with van der Waals surface area (Å²) in [5, 5.41) is 1.98. The van der Waals surface area contributed by atoms with Crippen LogP contribution in [-0.2, 0) is 6.42 Å². The van der Waals surface area contributed by atoms with Crippen LogP contribution in [0.25, 0.3) is 10.9 Å². The second kappa shape index (κ2) is 4.48. The molecule has 1 aromatic carbocycles. The molecule has 2 aromatic rings. The zero-order valence-electron chi connectivity index (χ0n) is 9.70. The van der Waals surface area contributed by atoms with Gasteiger partial charge in [0.2, 0.25) is 0 Å². The van der Waals surface area contributed by atoms with Crippen molar-refractivity contribution in [3.63, 3.8) is 0 Å². The van der Waals surface area contributed by atoms with Gasteiger partial charge in [0, 0.05) is 17.6 Å². The molecule has 1 heterocycles. The van der Waals surface area contributed by atoms with E-state index in [1.807, 2.05) is 12.1 Å². The van der Waals surface area contributed by atoms with E-state index in [1.165, 1.54) is 11.1 Å². The van der Waals surface area contributed by atoms with Crippen molar-refractivity contribution in [1.29, 1.82) is 0 Å². The molecule has 86 valence electrons. The van der Waals surface area contributed by atoms with Gasteiger partial charge >= 0.3 is 0 Å². The van der Waals surface area contributed by atoms with Crippen molar-refractivity contribution < 1.29 is 0 Å². The van der Waals surface area contributed by atoms with E-state index in [-0.39, 0.29) is 0 Å². The van der Waals surface area contributed by atoms with Gasteiger partial charge in [-0.25, -0.2) is 0 Å². The zero-order chi connectivity index (χ0) is 11.7. The Kier molecular flexibility index (Phi) is 3.22. The van der Waals surface area contributed by atoms with Gasteiger partial charge < -0.3 is 10.3 Å². The van der Waals surface area contributed by atoms with Crippen molar-refractivity contribution in [2.75, 3.05) is 6.54 Å². The van der Waals surface area contributed by atoms with E-state index in [4.69, 9.17) is 17.3 Å². The molecule has 0 saturated carbocycles. The maximum absolute atomic E-state index is 6.26. The van der Waals surface area contributed by atoms with Crippen molar-refractivity contribution in [1.82, 2.24) is 4.57 Å². The maximum atomic E-state index is 6.26. The first kappa shape index (κ1) is 11.5. The molecule has 0 unspecified atom stereocenters. The lowest BCUT2D eigenvalue weighted by Gasteiger charge is -2.08. The van der Waals surface area contributed by atoms with Crippen LogP contribution in [0.15, 0.2) is 24.4 Å². The normalized spacial score (nSPS) is 11.6. The molecule has 0 aliphatic carbocycles. The third kappa shape index (κ3) is 1.83. The van der Waals surface area contributed by atoms with Gasteiger partial charge in [-0.3, -0.25) is 0 Å². The summed E-state index contributed by atoms with van der Waals surface area (Å²) in [5.74, 6) is 0. The fourth-order valence-corrected chi connectivity index (χ4v) is 2.41. The fraction of sp³-hybridized carbons (Fsp3) is 0.385. The average molecular weight is 237 g/mol. The van der Waals surface area contributed by atoms with Gasteiger partial charge in [-0.2, -0.15) is 0 Å². The molecule has 0 aliphatic heterocycles. The number of nitrogens with zero attached hydrogens (tertiary/aromatic N) is 1. The summed E-state index contributed by atoms with van der Waals surface area (Å²) in [5.41, 5.74) is 8.08. The fourth-order valence-electron chi connectivity index (χ4n) is 2.12. The Hall–Kier alpha value is -0.990. The third-order valence-corrected chi connectivity index (χ3v) is 3.17. The maximum Gasteiger partial charge on any atom is 0.0502 e. The van der Waals surface area contributed by atoms with Crippen LogP contribution in [-0.4, -0.2) is 11.1 Å². The molecular formula is C13H17ClN2. The van der Waals surface area contributed by atoms with Crippen molar-refractivity contribution in [2.24, 2.45) is 5.73 Å². The molecule has 0 fully saturated rings. The molecule has 2 nitrogen and oxygen atoms in total. The lowest BCUT2D eigenvalue weighted by Crippen LogP contribution is -2.02. The number of aromatic nitrogens is 1. The lowest BCUT2D eigenvalue weighted by molar-refractivity contribution is 0.621. The minimum atomic E-state index is 0.437. The monoisotopic (exact) mass is 236 g/mol. The molecule has 0 amide bonds. The van der Waals surface area contributed by atoms with Crippen molar-refractivity contribution in [2.45, 2.75) is 26.3 Å². The predicted octanol–water partition coefficient (Wildman–Crippen LogP) is 3.38. The number of nitrogens with two attached hydrogens (primary N) is 1. The van der Waals surface area contributed by atoms with Gasteiger partial charge in [0.1, 0.15) is 0 Å². The molecule has 0 atom stereocenters. The van der Waals surface area contributed by atoms with Crippen LogP contribution in [0, 0.1) is 0 Å². The molecule has 0 spiro atoms. The summed E-state index contributed by atoms with van der Waals surface area (Å²) in [6.45, 7) is 5.00. The summed E-state index contributed by atoms with van der Waals surface area (Å²) in [4.78, 5) is 0. The van der Waals surface area contributed by atoms with E-state index in [1.54, 1.807) is 0 Å². The molecule has 16 heavy (non-hydrogen) atoms. The van der Waals surface area contributed by atoms with E-state index < -0.39 is 0 Å². The van der Waals surface area contributed by atoms with Gasteiger partial charge in [-0.1, -0.05) is 17.7 Å². The average Bonchev–Trinajstić information content (AvgIpc) is 2.59. The molecule has 0 bridgehead atoms. The van der Waals surface area contributed by atoms with Crippen molar-refractivity contribution in [3.05, 3.63) is 35.0 Å². The van der Waals surface area contributed by atoms with Crippen molar-refractivity contribution in [3.8, 4) is 0 Å². The van der Waals surface area contributed by atoms with Gasteiger partial charge in [0.25, 0.3) is 0 Å². The quantitative estimate of drug-likeness (QED) is 0.870. The SMILES string of the molecule is CC(C)n1cc(CCN)c2c(Cl)cccc21. The van der Waals surface area contributed by atoms with Crippen LogP contribution in [0.1, 0.15) is 25.5 Å². The number of hydrogen-bond acceptors (Lipinski definition) is 1.